The molecular weight excluding hydrogens is 232 g/mol. The molecule has 18 heavy (non-hydrogen) atoms. The fourth-order valence-corrected chi connectivity index (χ4v) is 1.47. The van der Waals surface area contributed by atoms with Crippen molar-refractivity contribution >= 4 is 17.4 Å². The van der Waals surface area contributed by atoms with Gasteiger partial charge in [0.15, 0.2) is 5.78 Å². The number of ketones is 1. The van der Waals surface area contributed by atoms with Gasteiger partial charge in [-0.15, -0.1) is 0 Å². The minimum Gasteiger partial charge on any atom is -0.326 e. The van der Waals surface area contributed by atoms with Crippen molar-refractivity contribution in [3.05, 3.63) is 40.3 Å². The molecule has 0 bridgehead atoms. The van der Waals surface area contributed by atoms with E-state index in [4.69, 9.17) is 5.53 Å². The molecule has 1 rings (SSSR count). The van der Waals surface area contributed by atoms with Crippen LogP contribution in [-0.4, -0.2) is 18.2 Å². The Bertz CT molecular complexity index is 493. The zero-order valence-corrected chi connectivity index (χ0v) is 10.1. The Morgan fingerprint density at radius 2 is 2.22 bits per heavy atom. The zero-order valence-electron chi connectivity index (χ0n) is 10.1. The highest BCUT2D eigenvalue weighted by Gasteiger charge is 2.06. The van der Waals surface area contributed by atoms with E-state index in [1.165, 1.54) is 6.92 Å². The van der Waals surface area contributed by atoms with E-state index in [0.717, 1.165) is 0 Å². The SMILES string of the molecule is CC(=O)Nc1cccc(C(=O)CCCN=[N+]=[N-])c1. The number of carbonyl (C=O) groups excluding carboxylic acids is 2. The number of nitrogens with one attached hydrogen (secondary N) is 1. The highest BCUT2D eigenvalue weighted by Crippen LogP contribution is 2.13. The molecule has 0 unspecified atom stereocenters. The number of carbonyl (C=O) groups is 2. The molecule has 0 aromatic heterocycles. The van der Waals surface area contributed by atoms with E-state index in [2.05, 4.69) is 15.3 Å². The number of hydrogen-bond acceptors (Lipinski definition) is 3. The summed E-state index contributed by atoms with van der Waals surface area (Å²) in [4.78, 5) is 25.3. The van der Waals surface area contributed by atoms with Crippen molar-refractivity contribution in [3.63, 3.8) is 0 Å². The van der Waals surface area contributed by atoms with Crippen LogP contribution in [0, 0.1) is 0 Å². The van der Waals surface area contributed by atoms with E-state index in [-0.39, 0.29) is 11.7 Å². The van der Waals surface area contributed by atoms with Gasteiger partial charge in [-0.25, -0.2) is 0 Å². The van der Waals surface area contributed by atoms with Crippen LogP contribution in [0.15, 0.2) is 29.4 Å². The highest BCUT2D eigenvalue weighted by molar-refractivity contribution is 5.98. The average molecular weight is 246 g/mol. The van der Waals surface area contributed by atoms with Gasteiger partial charge in [0.05, 0.1) is 0 Å². The number of nitrogens with zero attached hydrogens (tertiary/aromatic N) is 3. The van der Waals surface area contributed by atoms with Crippen molar-refractivity contribution in [2.24, 2.45) is 5.11 Å². The van der Waals surface area contributed by atoms with Crippen LogP contribution in [-0.2, 0) is 4.79 Å². The Kier molecular flexibility index (Phi) is 5.41. The predicted octanol–water partition coefficient (Wildman–Crippen LogP) is 2.92. The molecule has 0 spiro atoms. The van der Waals surface area contributed by atoms with Crippen molar-refractivity contribution in [2.75, 3.05) is 11.9 Å². The zero-order chi connectivity index (χ0) is 13.4. The number of benzene rings is 1. The second-order valence-electron chi connectivity index (χ2n) is 3.74. The van der Waals surface area contributed by atoms with E-state index in [1.807, 2.05) is 0 Å². The van der Waals surface area contributed by atoms with Crippen LogP contribution in [0.25, 0.3) is 10.4 Å². The normalized spacial score (nSPS) is 9.39. The summed E-state index contributed by atoms with van der Waals surface area (Å²) in [6, 6.07) is 6.77. The molecule has 6 heteroatoms. The van der Waals surface area contributed by atoms with Crippen LogP contribution in [0.5, 0.6) is 0 Å². The van der Waals surface area contributed by atoms with Crippen LogP contribution in [0.2, 0.25) is 0 Å². The second kappa shape index (κ2) is 7.09. The van der Waals surface area contributed by atoms with Gasteiger partial charge in [0, 0.05) is 36.1 Å². The quantitative estimate of drug-likeness (QED) is 0.274. The smallest absolute Gasteiger partial charge is 0.221 e. The summed E-state index contributed by atoms with van der Waals surface area (Å²) in [6.07, 6.45) is 0.843. The Labute approximate surface area is 105 Å². The van der Waals surface area contributed by atoms with E-state index < -0.39 is 0 Å². The van der Waals surface area contributed by atoms with Crippen LogP contribution in [0.3, 0.4) is 0 Å². The molecule has 0 saturated heterocycles. The maximum Gasteiger partial charge on any atom is 0.221 e. The highest BCUT2D eigenvalue weighted by atomic mass is 16.1. The molecule has 0 radical (unpaired) electrons. The van der Waals surface area contributed by atoms with Crippen LogP contribution < -0.4 is 5.32 Å². The Balaban J connectivity index is 2.62. The van der Waals surface area contributed by atoms with Gasteiger partial charge in [0.25, 0.3) is 0 Å². The van der Waals surface area contributed by atoms with Gasteiger partial charge in [-0.3, -0.25) is 9.59 Å². The lowest BCUT2D eigenvalue weighted by molar-refractivity contribution is -0.114. The first-order valence-corrected chi connectivity index (χ1v) is 5.55. The summed E-state index contributed by atoms with van der Waals surface area (Å²) in [7, 11) is 0. The number of anilines is 1. The van der Waals surface area contributed by atoms with Crippen molar-refractivity contribution in [3.8, 4) is 0 Å². The number of azide groups is 1. The van der Waals surface area contributed by atoms with E-state index >= 15 is 0 Å². The summed E-state index contributed by atoms with van der Waals surface area (Å²) in [6.45, 7) is 1.72. The lowest BCUT2D eigenvalue weighted by atomic mass is 10.1. The Morgan fingerprint density at radius 3 is 2.89 bits per heavy atom. The number of rotatable bonds is 6. The van der Waals surface area contributed by atoms with Gasteiger partial charge in [-0.05, 0) is 24.1 Å². The average Bonchev–Trinajstić information content (AvgIpc) is 2.34. The fourth-order valence-electron chi connectivity index (χ4n) is 1.47. The largest absolute Gasteiger partial charge is 0.326 e. The third-order valence-electron chi connectivity index (χ3n) is 2.23. The fraction of sp³-hybridized carbons (Fsp3) is 0.333. The maximum absolute atomic E-state index is 11.8. The molecule has 1 aromatic rings. The van der Waals surface area contributed by atoms with Gasteiger partial charge >= 0.3 is 0 Å². The molecule has 6 nitrogen and oxygen atoms in total. The molecule has 0 saturated carbocycles. The molecular formula is C12H14N4O2. The minimum absolute atomic E-state index is 0.0321. The maximum atomic E-state index is 11.8. The Morgan fingerprint density at radius 1 is 1.44 bits per heavy atom. The van der Waals surface area contributed by atoms with Gasteiger partial charge in [0.1, 0.15) is 0 Å². The van der Waals surface area contributed by atoms with Gasteiger partial charge in [0.2, 0.25) is 5.91 Å². The number of amides is 1. The van der Waals surface area contributed by atoms with Gasteiger partial charge in [-0.2, -0.15) is 0 Å². The molecule has 0 aliphatic heterocycles. The third-order valence-corrected chi connectivity index (χ3v) is 2.23. The van der Waals surface area contributed by atoms with Crippen LogP contribution >= 0.6 is 0 Å². The van der Waals surface area contributed by atoms with Crippen molar-refractivity contribution < 1.29 is 9.59 Å². The van der Waals surface area contributed by atoms with Crippen LogP contribution in [0.4, 0.5) is 5.69 Å². The second-order valence-corrected chi connectivity index (χ2v) is 3.74. The van der Waals surface area contributed by atoms with Gasteiger partial charge in [-0.1, -0.05) is 17.2 Å². The topological polar surface area (TPSA) is 94.9 Å². The van der Waals surface area contributed by atoms with E-state index in [9.17, 15) is 9.59 Å². The van der Waals surface area contributed by atoms with Crippen molar-refractivity contribution in [1.29, 1.82) is 0 Å². The van der Waals surface area contributed by atoms with Crippen molar-refractivity contribution in [1.82, 2.24) is 0 Å². The summed E-state index contributed by atoms with van der Waals surface area (Å²) in [5.41, 5.74) is 9.25. The molecule has 0 aliphatic rings. The molecule has 0 atom stereocenters. The summed E-state index contributed by atoms with van der Waals surface area (Å²) >= 11 is 0. The Hall–Kier alpha value is -2.33. The third kappa shape index (κ3) is 4.67. The molecule has 0 heterocycles. The lowest BCUT2D eigenvalue weighted by Crippen LogP contribution is -2.07. The molecule has 1 N–H and O–H groups in total. The lowest BCUT2D eigenvalue weighted by Gasteiger charge is -2.04. The van der Waals surface area contributed by atoms with E-state index in [1.54, 1.807) is 24.3 Å². The van der Waals surface area contributed by atoms with E-state index in [0.29, 0.717) is 30.6 Å². The van der Waals surface area contributed by atoms with Crippen LogP contribution in [0.1, 0.15) is 30.1 Å². The molecule has 1 amide bonds. The number of Topliss-reactive ketones (excluding diaryl/α,β-unsaturated/α-hetero) is 1. The monoisotopic (exact) mass is 246 g/mol. The molecule has 0 fully saturated rings. The van der Waals surface area contributed by atoms with Crippen molar-refractivity contribution in [2.45, 2.75) is 19.8 Å². The first-order chi connectivity index (χ1) is 8.63. The minimum atomic E-state index is -0.178. The first-order valence-electron chi connectivity index (χ1n) is 5.55. The standard InChI is InChI=1S/C12H14N4O2/c1-9(17)15-11-5-2-4-10(8-11)12(18)6-3-7-14-16-13/h2,4-5,8H,3,6-7H2,1H3,(H,15,17). The number of hydrogen-bond donors (Lipinski definition) is 1. The summed E-state index contributed by atoms with van der Waals surface area (Å²) in [5, 5.41) is 5.98. The first kappa shape index (κ1) is 13.7. The summed E-state index contributed by atoms with van der Waals surface area (Å²) < 4.78 is 0. The summed E-state index contributed by atoms with van der Waals surface area (Å²) in [5.74, 6) is -0.210. The molecule has 0 aliphatic carbocycles. The molecule has 1 aromatic carbocycles. The molecule has 94 valence electrons. The van der Waals surface area contributed by atoms with Gasteiger partial charge < -0.3 is 5.32 Å². The predicted molar refractivity (Wildman–Crippen MR) is 68.3 cm³/mol.